The minimum atomic E-state index is -0.117. The number of rotatable bonds is 3. The summed E-state index contributed by atoms with van der Waals surface area (Å²) >= 11 is 0. The van der Waals surface area contributed by atoms with Gasteiger partial charge < -0.3 is 15.5 Å². The zero-order valence-electron chi connectivity index (χ0n) is 9.78. The maximum atomic E-state index is 11.6. The van der Waals surface area contributed by atoms with Crippen molar-refractivity contribution in [3.8, 4) is 0 Å². The number of halogens is 1. The molecule has 0 bridgehead atoms. The number of hydrogen-bond donors (Lipinski definition) is 2. The number of hydrogen-bond acceptors (Lipinski definition) is 3. The quantitative estimate of drug-likeness (QED) is 0.726. The maximum absolute atomic E-state index is 11.6. The molecule has 5 nitrogen and oxygen atoms in total. The van der Waals surface area contributed by atoms with Crippen LogP contribution in [-0.4, -0.2) is 49.9 Å². The summed E-state index contributed by atoms with van der Waals surface area (Å²) in [6.45, 7) is 0.976. The highest BCUT2D eigenvalue weighted by molar-refractivity contribution is 5.87. The van der Waals surface area contributed by atoms with Crippen LogP contribution >= 0.6 is 12.4 Å². The fourth-order valence-electron chi connectivity index (χ4n) is 1.52. The number of piperidine rings is 1. The Morgan fingerprint density at radius 2 is 2.06 bits per heavy atom. The minimum Gasteiger partial charge on any atom is -0.347 e. The minimum absolute atomic E-state index is 0. The third-order valence-electron chi connectivity index (χ3n) is 2.54. The van der Waals surface area contributed by atoms with E-state index in [9.17, 15) is 9.59 Å². The molecule has 16 heavy (non-hydrogen) atoms. The SMILES string of the molecule is CN(C)C(=O)CNC(=O)[C@@H]1CCCCN1.Cl. The molecule has 1 aliphatic rings. The van der Waals surface area contributed by atoms with E-state index in [1.807, 2.05) is 0 Å². The smallest absolute Gasteiger partial charge is 0.241 e. The van der Waals surface area contributed by atoms with Gasteiger partial charge >= 0.3 is 0 Å². The van der Waals surface area contributed by atoms with Gasteiger partial charge in [0, 0.05) is 14.1 Å². The number of nitrogens with zero attached hydrogens (tertiary/aromatic N) is 1. The van der Waals surface area contributed by atoms with Gasteiger partial charge in [0.2, 0.25) is 11.8 Å². The molecule has 1 rings (SSSR count). The Kier molecular flexibility index (Phi) is 7.08. The molecule has 1 atom stereocenters. The molecule has 1 fully saturated rings. The van der Waals surface area contributed by atoms with E-state index in [-0.39, 0.29) is 36.8 Å². The molecule has 1 aliphatic heterocycles. The van der Waals surface area contributed by atoms with Crippen LogP contribution < -0.4 is 10.6 Å². The van der Waals surface area contributed by atoms with Gasteiger partial charge in [-0.15, -0.1) is 12.4 Å². The topological polar surface area (TPSA) is 61.4 Å². The van der Waals surface area contributed by atoms with E-state index in [1.54, 1.807) is 14.1 Å². The van der Waals surface area contributed by atoms with Gasteiger partial charge in [-0.1, -0.05) is 6.42 Å². The lowest BCUT2D eigenvalue weighted by Crippen LogP contribution is -2.48. The molecule has 0 radical (unpaired) electrons. The second-order valence-corrected chi connectivity index (χ2v) is 4.01. The summed E-state index contributed by atoms with van der Waals surface area (Å²) in [6, 6.07) is -0.117. The van der Waals surface area contributed by atoms with Crippen LogP contribution in [0.1, 0.15) is 19.3 Å². The van der Waals surface area contributed by atoms with Gasteiger partial charge in [0.15, 0.2) is 0 Å². The average molecular weight is 250 g/mol. The van der Waals surface area contributed by atoms with Gasteiger partial charge in [0.05, 0.1) is 12.6 Å². The van der Waals surface area contributed by atoms with Crippen molar-refractivity contribution in [1.29, 1.82) is 0 Å². The van der Waals surface area contributed by atoms with Crippen LogP contribution in [0.4, 0.5) is 0 Å². The highest BCUT2D eigenvalue weighted by Gasteiger charge is 2.20. The van der Waals surface area contributed by atoms with Gasteiger partial charge in [-0.3, -0.25) is 9.59 Å². The Bertz CT molecular complexity index is 240. The maximum Gasteiger partial charge on any atom is 0.241 e. The molecule has 1 saturated heterocycles. The average Bonchev–Trinajstić information content (AvgIpc) is 2.26. The van der Waals surface area contributed by atoms with E-state index in [4.69, 9.17) is 0 Å². The highest BCUT2D eigenvalue weighted by atomic mass is 35.5. The number of nitrogens with one attached hydrogen (secondary N) is 2. The molecule has 2 N–H and O–H groups in total. The molecule has 94 valence electrons. The fraction of sp³-hybridized carbons (Fsp3) is 0.800. The van der Waals surface area contributed by atoms with Crippen LogP contribution in [0.2, 0.25) is 0 Å². The van der Waals surface area contributed by atoms with E-state index in [0.29, 0.717) is 0 Å². The summed E-state index contributed by atoms with van der Waals surface area (Å²) in [7, 11) is 3.35. The molecule has 1 heterocycles. The molecular weight excluding hydrogens is 230 g/mol. The van der Waals surface area contributed by atoms with Crippen LogP contribution in [0.3, 0.4) is 0 Å². The largest absolute Gasteiger partial charge is 0.347 e. The second-order valence-electron chi connectivity index (χ2n) is 4.01. The fourth-order valence-corrected chi connectivity index (χ4v) is 1.52. The van der Waals surface area contributed by atoms with Gasteiger partial charge in [0.25, 0.3) is 0 Å². The second kappa shape index (κ2) is 7.46. The molecule has 0 saturated carbocycles. The van der Waals surface area contributed by atoms with Gasteiger partial charge in [-0.05, 0) is 19.4 Å². The number of amides is 2. The van der Waals surface area contributed by atoms with Crippen molar-refractivity contribution in [1.82, 2.24) is 15.5 Å². The lowest BCUT2D eigenvalue weighted by Gasteiger charge is -2.22. The van der Waals surface area contributed by atoms with Crippen molar-refractivity contribution in [2.24, 2.45) is 0 Å². The molecule has 6 heteroatoms. The van der Waals surface area contributed by atoms with Gasteiger partial charge in [0.1, 0.15) is 0 Å². The predicted octanol–water partition coefficient (Wildman–Crippen LogP) is -0.245. The van der Waals surface area contributed by atoms with Gasteiger partial charge in [-0.2, -0.15) is 0 Å². The number of likely N-dealkylation sites (N-methyl/N-ethyl adjacent to an activating group) is 1. The first-order chi connectivity index (χ1) is 7.11. The molecule has 0 unspecified atom stereocenters. The summed E-state index contributed by atoms with van der Waals surface area (Å²) in [5.74, 6) is -0.149. The molecule has 0 aromatic carbocycles. The van der Waals surface area contributed by atoms with Crippen LogP contribution in [0.25, 0.3) is 0 Å². The van der Waals surface area contributed by atoms with Crippen LogP contribution in [0.15, 0.2) is 0 Å². The summed E-state index contributed by atoms with van der Waals surface area (Å²) < 4.78 is 0. The van der Waals surface area contributed by atoms with E-state index in [0.717, 1.165) is 25.8 Å². The van der Waals surface area contributed by atoms with Crippen LogP contribution in [0.5, 0.6) is 0 Å². The molecule has 0 aromatic heterocycles. The van der Waals surface area contributed by atoms with Crippen molar-refractivity contribution in [3.63, 3.8) is 0 Å². The van der Waals surface area contributed by atoms with Crippen LogP contribution in [0, 0.1) is 0 Å². The lowest BCUT2D eigenvalue weighted by atomic mass is 10.0. The standard InChI is InChI=1S/C10H19N3O2.ClH/c1-13(2)9(14)7-12-10(15)8-5-3-4-6-11-8;/h8,11H,3-7H2,1-2H3,(H,12,15);1H/t8-;/m0./s1. The first-order valence-corrected chi connectivity index (χ1v) is 5.32. The van der Waals surface area contributed by atoms with Crippen molar-refractivity contribution < 1.29 is 9.59 Å². The van der Waals surface area contributed by atoms with Crippen molar-refractivity contribution in [2.45, 2.75) is 25.3 Å². The van der Waals surface area contributed by atoms with E-state index in [2.05, 4.69) is 10.6 Å². The highest BCUT2D eigenvalue weighted by Crippen LogP contribution is 2.06. The molecule has 0 aliphatic carbocycles. The first kappa shape index (κ1) is 15.2. The van der Waals surface area contributed by atoms with Crippen molar-refractivity contribution >= 4 is 24.2 Å². The third kappa shape index (κ3) is 4.81. The summed E-state index contributed by atoms with van der Waals surface area (Å²) in [5.41, 5.74) is 0. The van der Waals surface area contributed by atoms with E-state index < -0.39 is 0 Å². The number of carbonyl (C=O) groups is 2. The summed E-state index contributed by atoms with van der Waals surface area (Å²) in [5, 5.41) is 5.78. The summed E-state index contributed by atoms with van der Waals surface area (Å²) in [4.78, 5) is 24.3. The Balaban J connectivity index is 0.00000225. The molecule has 0 spiro atoms. The Morgan fingerprint density at radius 3 is 2.56 bits per heavy atom. The Morgan fingerprint density at radius 1 is 1.38 bits per heavy atom. The van der Waals surface area contributed by atoms with Crippen molar-refractivity contribution in [2.75, 3.05) is 27.2 Å². The monoisotopic (exact) mass is 249 g/mol. The van der Waals surface area contributed by atoms with E-state index in [1.165, 1.54) is 4.90 Å². The van der Waals surface area contributed by atoms with Crippen molar-refractivity contribution in [3.05, 3.63) is 0 Å². The van der Waals surface area contributed by atoms with Gasteiger partial charge in [-0.25, -0.2) is 0 Å². The first-order valence-electron chi connectivity index (χ1n) is 5.32. The van der Waals surface area contributed by atoms with Crippen LogP contribution in [-0.2, 0) is 9.59 Å². The zero-order chi connectivity index (χ0) is 11.3. The molecule has 2 amide bonds. The summed E-state index contributed by atoms with van der Waals surface area (Å²) in [6.07, 6.45) is 3.06. The Labute approximate surface area is 102 Å². The predicted molar refractivity (Wildman–Crippen MR) is 64.6 cm³/mol. The van der Waals surface area contributed by atoms with E-state index >= 15 is 0 Å². The normalized spacial score (nSPS) is 19.5. The molecular formula is C10H20ClN3O2. The lowest BCUT2D eigenvalue weighted by molar-refractivity contribution is -0.131. The molecule has 0 aromatic rings. The Hall–Kier alpha value is -0.810. The third-order valence-corrected chi connectivity index (χ3v) is 2.54. The number of carbonyl (C=O) groups excluding carboxylic acids is 2. The zero-order valence-corrected chi connectivity index (χ0v) is 10.6.